The Morgan fingerprint density at radius 2 is 2.17 bits per heavy atom. The smallest absolute Gasteiger partial charge is 0.0205 e. The standard InChI is InChI=1S/C12H21/c1-3-11(2)12-9-7-5-4-6-8-10-12/h3,7,9,11-12H,4-6,8,10H2,1-2H3. The molecular weight excluding hydrogens is 144 g/mol. The third-order valence-corrected chi connectivity index (χ3v) is 2.99. The highest BCUT2D eigenvalue weighted by atomic mass is 14.2. The Bertz CT molecular complexity index is 135. The Morgan fingerprint density at radius 3 is 2.92 bits per heavy atom. The van der Waals surface area contributed by atoms with E-state index in [4.69, 9.17) is 0 Å². The van der Waals surface area contributed by atoms with E-state index in [1.165, 1.54) is 32.1 Å². The Hall–Kier alpha value is -0.260. The third-order valence-electron chi connectivity index (χ3n) is 2.99. The number of allylic oxidation sites excluding steroid dienone is 2. The lowest BCUT2D eigenvalue weighted by atomic mass is 9.85. The van der Waals surface area contributed by atoms with Gasteiger partial charge in [-0.05, 0) is 37.5 Å². The maximum Gasteiger partial charge on any atom is -0.0205 e. The van der Waals surface area contributed by atoms with Crippen molar-refractivity contribution in [3.8, 4) is 0 Å². The molecule has 0 heteroatoms. The fourth-order valence-corrected chi connectivity index (χ4v) is 1.87. The van der Waals surface area contributed by atoms with Crippen LogP contribution in [0.4, 0.5) is 0 Å². The van der Waals surface area contributed by atoms with Crippen molar-refractivity contribution in [3.63, 3.8) is 0 Å². The van der Waals surface area contributed by atoms with Crippen molar-refractivity contribution in [2.75, 3.05) is 0 Å². The summed E-state index contributed by atoms with van der Waals surface area (Å²) in [5.41, 5.74) is 0. The number of hydrogen-bond acceptors (Lipinski definition) is 0. The summed E-state index contributed by atoms with van der Waals surface area (Å²) < 4.78 is 0. The van der Waals surface area contributed by atoms with Crippen molar-refractivity contribution in [1.82, 2.24) is 0 Å². The fraction of sp³-hybridized carbons (Fsp3) is 0.750. The Balaban J connectivity index is 2.43. The zero-order chi connectivity index (χ0) is 8.81. The Kier molecular flexibility index (Phi) is 4.42. The van der Waals surface area contributed by atoms with Gasteiger partial charge in [0.2, 0.25) is 0 Å². The normalized spacial score (nSPS) is 27.7. The maximum atomic E-state index is 2.43. The molecule has 2 atom stereocenters. The van der Waals surface area contributed by atoms with Crippen LogP contribution in [0.15, 0.2) is 12.2 Å². The zero-order valence-corrected chi connectivity index (χ0v) is 8.42. The average molecular weight is 165 g/mol. The highest BCUT2D eigenvalue weighted by Crippen LogP contribution is 2.24. The van der Waals surface area contributed by atoms with Gasteiger partial charge in [0, 0.05) is 0 Å². The first-order chi connectivity index (χ1) is 5.84. The summed E-state index contributed by atoms with van der Waals surface area (Å²) in [6.45, 7) is 4.51. The van der Waals surface area contributed by atoms with Gasteiger partial charge in [-0.3, -0.25) is 0 Å². The molecule has 0 N–H and O–H groups in total. The molecule has 12 heavy (non-hydrogen) atoms. The van der Waals surface area contributed by atoms with Gasteiger partial charge in [0.25, 0.3) is 0 Å². The SMILES string of the molecule is C[CH]C(C)C1C=CCCCCC1. The van der Waals surface area contributed by atoms with E-state index in [1.54, 1.807) is 0 Å². The van der Waals surface area contributed by atoms with Crippen LogP contribution < -0.4 is 0 Å². The van der Waals surface area contributed by atoms with Crippen LogP contribution in [0.3, 0.4) is 0 Å². The van der Waals surface area contributed by atoms with Crippen LogP contribution in [0.25, 0.3) is 0 Å². The van der Waals surface area contributed by atoms with Crippen LogP contribution in [0.5, 0.6) is 0 Å². The largest absolute Gasteiger partial charge is 0.0882 e. The molecule has 0 heterocycles. The second-order valence-corrected chi connectivity index (χ2v) is 3.92. The molecule has 1 aliphatic carbocycles. The fourth-order valence-electron chi connectivity index (χ4n) is 1.87. The van der Waals surface area contributed by atoms with Crippen LogP contribution >= 0.6 is 0 Å². The van der Waals surface area contributed by atoms with Gasteiger partial charge in [-0.15, -0.1) is 0 Å². The van der Waals surface area contributed by atoms with E-state index in [9.17, 15) is 0 Å². The van der Waals surface area contributed by atoms with E-state index in [0.29, 0.717) is 0 Å². The van der Waals surface area contributed by atoms with Crippen molar-refractivity contribution in [2.24, 2.45) is 11.8 Å². The number of hydrogen-bond donors (Lipinski definition) is 0. The lowest BCUT2D eigenvalue weighted by Gasteiger charge is -2.20. The molecule has 0 bridgehead atoms. The molecule has 2 unspecified atom stereocenters. The van der Waals surface area contributed by atoms with Gasteiger partial charge in [-0.1, -0.05) is 38.8 Å². The summed E-state index contributed by atoms with van der Waals surface area (Å²) in [5.74, 6) is 1.58. The van der Waals surface area contributed by atoms with Crippen molar-refractivity contribution in [3.05, 3.63) is 18.6 Å². The predicted octanol–water partition coefficient (Wildman–Crippen LogP) is 3.98. The summed E-state index contributed by atoms with van der Waals surface area (Å²) in [7, 11) is 0. The van der Waals surface area contributed by atoms with Crippen LogP contribution in [-0.4, -0.2) is 0 Å². The monoisotopic (exact) mass is 165 g/mol. The van der Waals surface area contributed by atoms with E-state index in [-0.39, 0.29) is 0 Å². The highest BCUT2D eigenvalue weighted by Gasteiger charge is 2.12. The van der Waals surface area contributed by atoms with Gasteiger partial charge in [-0.25, -0.2) is 0 Å². The van der Waals surface area contributed by atoms with E-state index in [0.717, 1.165) is 11.8 Å². The second-order valence-electron chi connectivity index (χ2n) is 3.92. The summed E-state index contributed by atoms with van der Waals surface area (Å²) in [4.78, 5) is 0. The van der Waals surface area contributed by atoms with E-state index >= 15 is 0 Å². The summed E-state index contributed by atoms with van der Waals surface area (Å²) in [6.07, 6.45) is 14.1. The first-order valence-electron chi connectivity index (χ1n) is 5.30. The molecule has 1 aliphatic rings. The molecule has 0 aromatic rings. The molecule has 0 aliphatic heterocycles. The maximum absolute atomic E-state index is 2.43. The molecule has 0 nitrogen and oxygen atoms in total. The van der Waals surface area contributed by atoms with Gasteiger partial charge >= 0.3 is 0 Å². The lowest BCUT2D eigenvalue weighted by Crippen LogP contribution is -2.09. The van der Waals surface area contributed by atoms with Crippen molar-refractivity contribution in [1.29, 1.82) is 0 Å². The molecule has 0 saturated carbocycles. The third kappa shape index (κ3) is 3.00. The van der Waals surface area contributed by atoms with E-state index in [2.05, 4.69) is 32.4 Å². The molecule has 0 fully saturated rings. The van der Waals surface area contributed by atoms with Gasteiger partial charge in [-0.2, -0.15) is 0 Å². The van der Waals surface area contributed by atoms with Crippen molar-refractivity contribution < 1.29 is 0 Å². The van der Waals surface area contributed by atoms with Gasteiger partial charge in [0.1, 0.15) is 0 Å². The van der Waals surface area contributed by atoms with Crippen molar-refractivity contribution >= 4 is 0 Å². The van der Waals surface area contributed by atoms with Crippen LogP contribution in [0, 0.1) is 18.3 Å². The minimum atomic E-state index is 0.763. The highest BCUT2D eigenvalue weighted by molar-refractivity contribution is 4.94. The molecule has 1 radical (unpaired) electrons. The predicted molar refractivity (Wildman–Crippen MR) is 54.9 cm³/mol. The van der Waals surface area contributed by atoms with Crippen LogP contribution in [0.1, 0.15) is 46.0 Å². The summed E-state index contributed by atoms with van der Waals surface area (Å²) in [5, 5.41) is 0. The average Bonchev–Trinajstić information content (AvgIpc) is 2.02. The first kappa shape index (κ1) is 9.83. The summed E-state index contributed by atoms with van der Waals surface area (Å²) >= 11 is 0. The number of rotatable bonds is 2. The second kappa shape index (κ2) is 5.40. The van der Waals surface area contributed by atoms with Crippen LogP contribution in [-0.2, 0) is 0 Å². The Labute approximate surface area is 77.1 Å². The topological polar surface area (TPSA) is 0 Å². The quantitative estimate of drug-likeness (QED) is 0.543. The first-order valence-corrected chi connectivity index (χ1v) is 5.30. The molecule has 0 spiro atoms. The van der Waals surface area contributed by atoms with Crippen LogP contribution in [0.2, 0.25) is 0 Å². The molecule has 0 amide bonds. The van der Waals surface area contributed by atoms with E-state index < -0.39 is 0 Å². The van der Waals surface area contributed by atoms with Gasteiger partial charge in [0.15, 0.2) is 0 Å². The Morgan fingerprint density at radius 1 is 1.33 bits per heavy atom. The molecule has 0 saturated heterocycles. The molecule has 0 aromatic heterocycles. The minimum absolute atomic E-state index is 0.763. The summed E-state index contributed by atoms with van der Waals surface area (Å²) in [6, 6.07) is 0. The van der Waals surface area contributed by atoms with Gasteiger partial charge < -0.3 is 0 Å². The van der Waals surface area contributed by atoms with Gasteiger partial charge in [0.05, 0.1) is 0 Å². The zero-order valence-electron chi connectivity index (χ0n) is 8.42. The molecule has 69 valence electrons. The minimum Gasteiger partial charge on any atom is -0.0882 e. The van der Waals surface area contributed by atoms with Crippen molar-refractivity contribution in [2.45, 2.75) is 46.0 Å². The van der Waals surface area contributed by atoms with E-state index in [1.807, 2.05) is 0 Å². The lowest BCUT2D eigenvalue weighted by molar-refractivity contribution is 0.422. The molecular formula is C12H21. The molecule has 0 aromatic carbocycles. The molecule has 1 rings (SSSR count).